The van der Waals surface area contributed by atoms with Gasteiger partial charge in [-0.2, -0.15) is 0 Å². The topological polar surface area (TPSA) is 73.0 Å². The predicted molar refractivity (Wildman–Crippen MR) is 144 cm³/mol. The largest absolute Gasteiger partial charge is 0.390 e. The molecule has 0 spiro atoms. The van der Waals surface area contributed by atoms with Crippen LogP contribution in [0.2, 0.25) is 0 Å². The van der Waals surface area contributed by atoms with E-state index in [-0.39, 0.29) is 12.6 Å². The molecule has 0 amide bonds. The van der Waals surface area contributed by atoms with Crippen molar-refractivity contribution in [2.45, 2.75) is 45.0 Å². The highest BCUT2D eigenvalue weighted by Gasteiger charge is 2.29. The van der Waals surface area contributed by atoms with Gasteiger partial charge >= 0.3 is 0 Å². The Morgan fingerprint density at radius 2 is 1.81 bits per heavy atom. The van der Waals surface area contributed by atoms with Crippen molar-refractivity contribution in [1.82, 2.24) is 29.2 Å². The summed E-state index contributed by atoms with van der Waals surface area (Å²) < 4.78 is 2.16. The van der Waals surface area contributed by atoms with Gasteiger partial charge in [0, 0.05) is 51.7 Å². The van der Waals surface area contributed by atoms with Crippen molar-refractivity contribution in [2.24, 2.45) is 0 Å². The molecule has 2 aliphatic rings. The Kier molecular flexibility index (Phi) is 6.87. The van der Waals surface area contributed by atoms with Crippen molar-refractivity contribution in [3.63, 3.8) is 0 Å². The van der Waals surface area contributed by atoms with E-state index in [1.165, 1.54) is 5.56 Å². The standard InChI is InChI=1S/C29H35N7O/c1-33-15-17-34(18-16-33)28-12-5-11-27-32-24(26(21-37)36(27)28)20-35(19-23-9-2-3-13-30-23)25-10-4-7-22-8-6-14-31-29(22)25/h2-3,5-6,8-9,11-14,25,37H,4,7,10,15-21H2,1H3/t25-/m0/s1. The van der Waals surface area contributed by atoms with Gasteiger partial charge in [-0.3, -0.25) is 19.3 Å². The fraction of sp³-hybridized carbons (Fsp3) is 0.414. The predicted octanol–water partition coefficient (Wildman–Crippen LogP) is 3.45. The molecule has 1 aliphatic carbocycles. The minimum atomic E-state index is -0.0574. The molecule has 1 atom stereocenters. The third-order valence-corrected chi connectivity index (χ3v) is 7.83. The fourth-order valence-electron chi connectivity index (χ4n) is 5.86. The van der Waals surface area contributed by atoms with Crippen LogP contribution < -0.4 is 4.90 Å². The number of aliphatic hydroxyl groups is 1. The van der Waals surface area contributed by atoms with Gasteiger partial charge < -0.3 is 14.9 Å². The monoisotopic (exact) mass is 497 g/mol. The maximum atomic E-state index is 10.6. The summed E-state index contributed by atoms with van der Waals surface area (Å²) in [4.78, 5) is 21.7. The van der Waals surface area contributed by atoms with E-state index in [1.807, 2.05) is 36.7 Å². The molecule has 1 N–H and O–H groups in total. The summed E-state index contributed by atoms with van der Waals surface area (Å²) in [6.07, 6.45) is 7.01. The number of nitrogens with zero attached hydrogens (tertiary/aromatic N) is 7. The number of anilines is 1. The van der Waals surface area contributed by atoms with E-state index >= 15 is 0 Å². The summed E-state index contributed by atoms with van der Waals surface area (Å²) in [5, 5.41) is 10.6. The van der Waals surface area contributed by atoms with E-state index in [9.17, 15) is 5.11 Å². The maximum Gasteiger partial charge on any atom is 0.138 e. The van der Waals surface area contributed by atoms with Crippen LogP contribution in [0.15, 0.2) is 60.9 Å². The Bertz CT molecular complexity index is 1350. The molecule has 4 aromatic rings. The van der Waals surface area contributed by atoms with Crippen LogP contribution in [0.4, 0.5) is 5.82 Å². The summed E-state index contributed by atoms with van der Waals surface area (Å²) >= 11 is 0. The second-order valence-corrected chi connectivity index (χ2v) is 10.2. The van der Waals surface area contributed by atoms with Gasteiger partial charge in [-0.15, -0.1) is 0 Å². The fourth-order valence-corrected chi connectivity index (χ4v) is 5.86. The quantitative estimate of drug-likeness (QED) is 0.419. The summed E-state index contributed by atoms with van der Waals surface area (Å²) in [6.45, 7) is 5.24. The van der Waals surface area contributed by atoms with E-state index in [4.69, 9.17) is 9.97 Å². The van der Waals surface area contributed by atoms with Crippen LogP contribution in [-0.4, -0.2) is 67.5 Å². The van der Waals surface area contributed by atoms with Gasteiger partial charge in [0.1, 0.15) is 11.5 Å². The van der Waals surface area contributed by atoms with Gasteiger partial charge in [0.15, 0.2) is 0 Å². The van der Waals surface area contributed by atoms with Gasteiger partial charge in [-0.1, -0.05) is 18.2 Å². The van der Waals surface area contributed by atoms with Crippen LogP contribution in [-0.2, 0) is 26.1 Å². The highest BCUT2D eigenvalue weighted by molar-refractivity contribution is 5.55. The van der Waals surface area contributed by atoms with E-state index in [2.05, 4.69) is 55.4 Å². The highest BCUT2D eigenvalue weighted by atomic mass is 16.3. The zero-order valence-corrected chi connectivity index (χ0v) is 21.5. The Balaban J connectivity index is 1.39. The Hall–Kier alpha value is -3.33. The molecule has 0 radical (unpaired) electrons. The molecule has 37 heavy (non-hydrogen) atoms. The number of hydrogen-bond acceptors (Lipinski definition) is 7. The number of imidazole rings is 1. The number of aromatic nitrogens is 4. The molecular formula is C29H35N7O. The number of pyridine rings is 3. The summed E-state index contributed by atoms with van der Waals surface area (Å²) in [7, 11) is 2.17. The second kappa shape index (κ2) is 10.6. The molecule has 4 aromatic heterocycles. The van der Waals surface area contributed by atoms with Crippen LogP contribution in [0.25, 0.3) is 5.65 Å². The molecule has 1 saturated heterocycles. The van der Waals surface area contributed by atoms with Crippen LogP contribution in [0.1, 0.15) is 47.2 Å². The summed E-state index contributed by atoms with van der Waals surface area (Å²) in [5.41, 5.74) is 6.20. The minimum Gasteiger partial charge on any atom is -0.390 e. The number of rotatable bonds is 7. The average molecular weight is 498 g/mol. The molecule has 8 heteroatoms. The van der Waals surface area contributed by atoms with Crippen LogP contribution in [0.5, 0.6) is 0 Å². The molecule has 8 nitrogen and oxygen atoms in total. The van der Waals surface area contributed by atoms with E-state index in [1.54, 1.807) is 0 Å². The zero-order valence-electron chi connectivity index (χ0n) is 21.5. The molecule has 0 bridgehead atoms. The molecule has 0 unspecified atom stereocenters. The Morgan fingerprint density at radius 3 is 2.62 bits per heavy atom. The number of aryl methyl sites for hydroxylation is 1. The lowest BCUT2D eigenvalue weighted by Gasteiger charge is -2.35. The molecule has 1 fully saturated rings. The molecular weight excluding hydrogens is 462 g/mol. The van der Waals surface area contributed by atoms with E-state index in [0.29, 0.717) is 13.1 Å². The number of fused-ring (bicyclic) bond motifs is 2. The third kappa shape index (κ3) is 4.84. The Morgan fingerprint density at radius 1 is 0.946 bits per heavy atom. The average Bonchev–Trinajstić information content (AvgIpc) is 3.30. The lowest BCUT2D eigenvalue weighted by Crippen LogP contribution is -2.45. The van der Waals surface area contributed by atoms with Crippen molar-refractivity contribution < 1.29 is 5.11 Å². The lowest BCUT2D eigenvalue weighted by atomic mass is 9.90. The molecule has 5 heterocycles. The first-order chi connectivity index (χ1) is 18.2. The normalized spacial score (nSPS) is 18.5. The van der Waals surface area contributed by atoms with Crippen molar-refractivity contribution in [3.8, 4) is 0 Å². The number of likely N-dealkylation sites (N-methyl/N-ethyl adjacent to an activating group) is 1. The molecule has 0 aromatic carbocycles. The highest BCUT2D eigenvalue weighted by Crippen LogP contribution is 2.35. The van der Waals surface area contributed by atoms with Gasteiger partial charge in [-0.05, 0) is 62.2 Å². The molecule has 192 valence electrons. The van der Waals surface area contributed by atoms with Gasteiger partial charge in [0.2, 0.25) is 0 Å². The number of piperazine rings is 1. The summed E-state index contributed by atoms with van der Waals surface area (Å²) in [6, 6.07) is 16.8. The third-order valence-electron chi connectivity index (χ3n) is 7.83. The van der Waals surface area contributed by atoms with Gasteiger partial charge in [0.25, 0.3) is 0 Å². The minimum absolute atomic E-state index is 0.0574. The zero-order chi connectivity index (χ0) is 25.2. The SMILES string of the molecule is CN1CCN(c2cccc3nc(CN(Cc4ccccn4)[C@H]4CCCc5cccnc54)c(CO)n23)CC1. The van der Waals surface area contributed by atoms with Crippen LogP contribution in [0.3, 0.4) is 0 Å². The van der Waals surface area contributed by atoms with Gasteiger partial charge in [-0.25, -0.2) is 4.98 Å². The maximum absolute atomic E-state index is 10.6. The number of hydrogen-bond donors (Lipinski definition) is 1. The first-order valence-corrected chi connectivity index (χ1v) is 13.3. The number of aliphatic hydroxyl groups excluding tert-OH is 1. The lowest BCUT2D eigenvalue weighted by molar-refractivity contribution is 0.151. The van der Waals surface area contributed by atoms with Crippen molar-refractivity contribution in [1.29, 1.82) is 0 Å². The first kappa shape index (κ1) is 24.0. The summed E-state index contributed by atoms with van der Waals surface area (Å²) in [5.74, 6) is 1.11. The van der Waals surface area contributed by atoms with Gasteiger partial charge in [0.05, 0.1) is 35.4 Å². The van der Waals surface area contributed by atoms with Crippen molar-refractivity contribution in [2.75, 3.05) is 38.1 Å². The smallest absolute Gasteiger partial charge is 0.138 e. The van der Waals surface area contributed by atoms with E-state index < -0.39 is 0 Å². The molecule has 6 rings (SSSR count). The molecule has 0 saturated carbocycles. The van der Waals surface area contributed by atoms with E-state index in [0.717, 1.165) is 79.7 Å². The van der Waals surface area contributed by atoms with Crippen LogP contribution in [0, 0.1) is 0 Å². The Labute approximate surface area is 218 Å². The second-order valence-electron chi connectivity index (χ2n) is 10.2. The first-order valence-electron chi connectivity index (χ1n) is 13.3. The van der Waals surface area contributed by atoms with Crippen LogP contribution >= 0.6 is 0 Å². The van der Waals surface area contributed by atoms with Crippen molar-refractivity contribution >= 4 is 11.5 Å². The molecule has 1 aliphatic heterocycles. The van der Waals surface area contributed by atoms with Crippen molar-refractivity contribution in [3.05, 3.63) is 89.3 Å².